The van der Waals surface area contributed by atoms with Crippen LogP contribution in [0.4, 0.5) is 0 Å². The molecule has 5 heteroatoms. The molecule has 0 spiro atoms. The van der Waals surface area contributed by atoms with Crippen LogP contribution in [0.5, 0.6) is 0 Å². The van der Waals surface area contributed by atoms with Gasteiger partial charge in [0.25, 0.3) is 0 Å². The molecule has 0 amide bonds. The van der Waals surface area contributed by atoms with Crippen molar-refractivity contribution in [2.45, 2.75) is 0 Å². The number of benzene rings is 1. The first-order valence-corrected chi connectivity index (χ1v) is 5.69. The lowest BCUT2D eigenvalue weighted by Gasteiger charge is -1.96. The maximum Gasteiger partial charge on any atom is 0.170 e. The lowest BCUT2D eigenvalue weighted by molar-refractivity contribution is 0.434. The van der Waals surface area contributed by atoms with E-state index in [2.05, 4.69) is 15.1 Å². The van der Waals surface area contributed by atoms with E-state index in [0.29, 0.717) is 16.5 Å². The summed E-state index contributed by atoms with van der Waals surface area (Å²) in [4.78, 5) is 7.87. The first kappa shape index (κ1) is 10.9. The zero-order valence-corrected chi connectivity index (χ0v) is 10.0. The van der Waals surface area contributed by atoms with E-state index in [0.717, 1.165) is 11.1 Å². The van der Waals surface area contributed by atoms with Gasteiger partial charge in [-0.3, -0.25) is 0 Å². The molecule has 0 aliphatic carbocycles. The first-order chi connectivity index (χ1) is 8.84. The van der Waals surface area contributed by atoms with E-state index < -0.39 is 0 Å². The molecule has 88 valence electrons. The molecule has 0 radical (unpaired) electrons. The van der Waals surface area contributed by atoms with Gasteiger partial charge in [0, 0.05) is 24.0 Å². The molecule has 0 saturated heterocycles. The number of aromatic nitrogens is 3. The highest BCUT2D eigenvalue weighted by atomic mass is 35.5. The lowest BCUT2D eigenvalue weighted by Crippen LogP contribution is -1.79. The predicted molar refractivity (Wildman–Crippen MR) is 68.0 cm³/mol. The second-order valence-corrected chi connectivity index (χ2v) is 4.09. The molecule has 0 fully saturated rings. The Morgan fingerprint density at radius 1 is 1.06 bits per heavy atom. The monoisotopic (exact) mass is 257 g/mol. The normalized spacial score (nSPS) is 10.5. The summed E-state index contributed by atoms with van der Waals surface area (Å²) in [6.45, 7) is 0. The molecule has 1 aromatic carbocycles. The van der Waals surface area contributed by atoms with E-state index in [1.165, 1.54) is 6.33 Å². The summed E-state index contributed by atoms with van der Waals surface area (Å²) in [7, 11) is 0. The Bertz CT molecular complexity index is 667. The summed E-state index contributed by atoms with van der Waals surface area (Å²) in [6, 6.07) is 9.31. The van der Waals surface area contributed by atoms with Crippen molar-refractivity contribution in [3.8, 4) is 22.6 Å². The van der Waals surface area contributed by atoms with E-state index in [1.807, 2.05) is 30.3 Å². The van der Waals surface area contributed by atoms with E-state index in [1.54, 1.807) is 12.4 Å². The van der Waals surface area contributed by atoms with Crippen LogP contribution in [-0.2, 0) is 0 Å². The van der Waals surface area contributed by atoms with E-state index >= 15 is 0 Å². The molecule has 0 aliphatic rings. The maximum atomic E-state index is 6.11. The number of rotatable bonds is 2. The number of halogens is 1. The van der Waals surface area contributed by atoms with Crippen LogP contribution >= 0.6 is 11.6 Å². The van der Waals surface area contributed by atoms with Crippen molar-refractivity contribution in [3.63, 3.8) is 0 Å². The van der Waals surface area contributed by atoms with Gasteiger partial charge in [-0.25, -0.2) is 9.97 Å². The molecule has 0 bridgehead atoms. The molecular weight excluding hydrogens is 250 g/mol. The smallest absolute Gasteiger partial charge is 0.170 e. The topological polar surface area (TPSA) is 51.8 Å². The van der Waals surface area contributed by atoms with E-state index in [9.17, 15) is 0 Å². The Hall–Kier alpha value is -2.20. The van der Waals surface area contributed by atoms with Gasteiger partial charge in [0.15, 0.2) is 5.76 Å². The summed E-state index contributed by atoms with van der Waals surface area (Å²) in [6.07, 6.45) is 4.81. The molecule has 0 N–H and O–H groups in total. The Balaban J connectivity index is 2.03. The predicted octanol–water partition coefficient (Wildman–Crippen LogP) is 3.45. The van der Waals surface area contributed by atoms with Crippen molar-refractivity contribution in [2.24, 2.45) is 0 Å². The van der Waals surface area contributed by atoms with Crippen molar-refractivity contribution in [3.05, 3.63) is 54.1 Å². The second kappa shape index (κ2) is 4.58. The summed E-state index contributed by atoms with van der Waals surface area (Å²) in [5.41, 5.74) is 2.31. The van der Waals surface area contributed by atoms with Crippen LogP contribution in [0.2, 0.25) is 5.02 Å². The molecule has 3 aromatic rings. The number of hydrogen-bond donors (Lipinski definition) is 0. The van der Waals surface area contributed by atoms with Gasteiger partial charge < -0.3 is 4.52 Å². The van der Waals surface area contributed by atoms with Crippen LogP contribution in [0, 0.1) is 0 Å². The molecular formula is C13H8ClN3O. The van der Waals surface area contributed by atoms with Crippen LogP contribution in [0.1, 0.15) is 0 Å². The standard InChI is InChI=1S/C13H8ClN3O/c14-11-4-2-1-3-10(11)12-5-13(18-17-12)9-6-15-8-16-7-9/h1-8H. The minimum absolute atomic E-state index is 0.616. The molecule has 18 heavy (non-hydrogen) atoms. The number of nitrogens with zero attached hydrogens (tertiary/aromatic N) is 3. The molecule has 2 heterocycles. The zero-order chi connectivity index (χ0) is 12.4. The van der Waals surface area contributed by atoms with Crippen LogP contribution in [-0.4, -0.2) is 15.1 Å². The SMILES string of the molecule is Clc1ccccc1-c1cc(-c2cncnc2)on1. The van der Waals surface area contributed by atoms with Crippen molar-refractivity contribution in [1.29, 1.82) is 0 Å². The Labute approximate surface area is 108 Å². The van der Waals surface area contributed by atoms with Gasteiger partial charge >= 0.3 is 0 Å². The third-order valence-electron chi connectivity index (χ3n) is 2.51. The van der Waals surface area contributed by atoms with Crippen LogP contribution < -0.4 is 0 Å². The minimum atomic E-state index is 0.616. The molecule has 2 aromatic heterocycles. The molecule has 3 rings (SSSR count). The average Bonchev–Trinajstić information content (AvgIpc) is 2.90. The highest BCUT2D eigenvalue weighted by Gasteiger charge is 2.10. The van der Waals surface area contributed by atoms with Crippen LogP contribution in [0.3, 0.4) is 0 Å². The van der Waals surface area contributed by atoms with Crippen molar-refractivity contribution in [2.75, 3.05) is 0 Å². The summed E-state index contributed by atoms with van der Waals surface area (Å²) in [5, 5.41) is 4.65. The van der Waals surface area contributed by atoms with Crippen LogP contribution in [0.25, 0.3) is 22.6 Å². The Morgan fingerprint density at radius 3 is 2.61 bits per heavy atom. The van der Waals surface area contributed by atoms with Crippen LogP contribution in [0.15, 0.2) is 53.6 Å². The number of hydrogen-bond acceptors (Lipinski definition) is 4. The van der Waals surface area contributed by atoms with Crippen molar-refractivity contribution >= 4 is 11.6 Å². The van der Waals surface area contributed by atoms with Crippen molar-refractivity contribution in [1.82, 2.24) is 15.1 Å². The van der Waals surface area contributed by atoms with Gasteiger partial charge in [0.2, 0.25) is 0 Å². The van der Waals surface area contributed by atoms with E-state index in [4.69, 9.17) is 16.1 Å². The third-order valence-corrected chi connectivity index (χ3v) is 2.83. The highest BCUT2D eigenvalue weighted by molar-refractivity contribution is 6.33. The summed E-state index contributed by atoms with van der Waals surface area (Å²) < 4.78 is 5.27. The molecule has 0 atom stereocenters. The van der Waals surface area contributed by atoms with E-state index in [-0.39, 0.29) is 0 Å². The second-order valence-electron chi connectivity index (χ2n) is 3.68. The Morgan fingerprint density at radius 2 is 1.83 bits per heavy atom. The van der Waals surface area contributed by atoms with Gasteiger partial charge in [-0.15, -0.1) is 0 Å². The van der Waals surface area contributed by atoms with Gasteiger partial charge in [-0.1, -0.05) is 35.0 Å². The maximum absolute atomic E-state index is 6.11. The fraction of sp³-hybridized carbons (Fsp3) is 0. The zero-order valence-electron chi connectivity index (χ0n) is 9.25. The van der Waals surface area contributed by atoms with Gasteiger partial charge in [-0.05, 0) is 6.07 Å². The lowest BCUT2D eigenvalue weighted by atomic mass is 10.1. The van der Waals surface area contributed by atoms with Crippen molar-refractivity contribution < 1.29 is 4.52 Å². The fourth-order valence-corrected chi connectivity index (χ4v) is 1.87. The largest absolute Gasteiger partial charge is 0.356 e. The first-order valence-electron chi connectivity index (χ1n) is 5.31. The van der Waals surface area contributed by atoms with Gasteiger partial charge in [0.05, 0.1) is 10.6 Å². The minimum Gasteiger partial charge on any atom is -0.356 e. The molecule has 0 aliphatic heterocycles. The molecule has 0 saturated carbocycles. The van der Waals surface area contributed by atoms with Gasteiger partial charge in [0.1, 0.15) is 12.0 Å². The average molecular weight is 258 g/mol. The molecule has 0 unspecified atom stereocenters. The Kier molecular flexibility index (Phi) is 2.78. The quantitative estimate of drug-likeness (QED) is 0.706. The highest BCUT2D eigenvalue weighted by Crippen LogP contribution is 2.29. The third kappa shape index (κ3) is 1.98. The summed E-state index contributed by atoms with van der Waals surface area (Å²) in [5.74, 6) is 0.616. The van der Waals surface area contributed by atoms with Gasteiger partial charge in [-0.2, -0.15) is 0 Å². The fourth-order valence-electron chi connectivity index (χ4n) is 1.63. The molecule has 4 nitrogen and oxygen atoms in total. The summed E-state index contributed by atoms with van der Waals surface area (Å²) >= 11 is 6.11.